The van der Waals surface area contributed by atoms with Crippen LogP contribution in [-0.2, 0) is 9.59 Å². The van der Waals surface area contributed by atoms with Crippen LogP contribution >= 0.6 is 0 Å². The zero-order valence-corrected chi connectivity index (χ0v) is 10.7. The average Bonchev–Trinajstić information content (AvgIpc) is 2.42. The summed E-state index contributed by atoms with van der Waals surface area (Å²) in [7, 11) is 1.54. The SMILES string of the molecule is COc1ccccc1NC(=O)C[C@@H]1NCCNC1=O. The van der Waals surface area contributed by atoms with Gasteiger partial charge in [0.25, 0.3) is 0 Å². The summed E-state index contributed by atoms with van der Waals surface area (Å²) < 4.78 is 5.15. The van der Waals surface area contributed by atoms with Crippen LogP contribution in [0.15, 0.2) is 24.3 Å². The van der Waals surface area contributed by atoms with Crippen molar-refractivity contribution in [1.29, 1.82) is 0 Å². The lowest BCUT2D eigenvalue weighted by Crippen LogP contribution is -2.53. The van der Waals surface area contributed by atoms with Gasteiger partial charge in [0.1, 0.15) is 5.75 Å². The average molecular weight is 263 g/mol. The van der Waals surface area contributed by atoms with Crippen molar-refractivity contribution in [2.24, 2.45) is 0 Å². The molecule has 102 valence electrons. The molecule has 2 amide bonds. The van der Waals surface area contributed by atoms with Crippen LogP contribution < -0.4 is 20.7 Å². The van der Waals surface area contributed by atoms with E-state index >= 15 is 0 Å². The number of methoxy groups -OCH3 is 1. The molecule has 0 unspecified atom stereocenters. The Morgan fingerprint density at radius 3 is 2.95 bits per heavy atom. The van der Waals surface area contributed by atoms with Crippen LogP contribution in [0.4, 0.5) is 5.69 Å². The fourth-order valence-corrected chi connectivity index (χ4v) is 1.95. The van der Waals surface area contributed by atoms with Gasteiger partial charge in [0.05, 0.1) is 25.3 Å². The fourth-order valence-electron chi connectivity index (χ4n) is 1.95. The lowest BCUT2D eigenvalue weighted by atomic mass is 10.1. The molecule has 1 aliphatic rings. The number of hydrogen-bond acceptors (Lipinski definition) is 4. The molecule has 0 spiro atoms. The molecule has 1 atom stereocenters. The van der Waals surface area contributed by atoms with Crippen LogP contribution in [0.1, 0.15) is 6.42 Å². The Bertz CT molecular complexity index is 476. The Kier molecular flexibility index (Phi) is 4.35. The zero-order valence-electron chi connectivity index (χ0n) is 10.7. The second kappa shape index (κ2) is 6.19. The summed E-state index contributed by atoms with van der Waals surface area (Å²) in [6, 6.07) is 6.68. The van der Waals surface area contributed by atoms with Crippen LogP contribution in [-0.4, -0.2) is 38.1 Å². The molecule has 6 heteroatoms. The molecule has 0 aliphatic carbocycles. The molecule has 19 heavy (non-hydrogen) atoms. The van der Waals surface area contributed by atoms with Crippen LogP contribution in [0.3, 0.4) is 0 Å². The number of amides is 2. The minimum absolute atomic E-state index is 0.101. The maximum atomic E-state index is 11.9. The first-order valence-corrected chi connectivity index (χ1v) is 6.14. The van der Waals surface area contributed by atoms with Gasteiger partial charge in [-0.15, -0.1) is 0 Å². The van der Waals surface area contributed by atoms with Crippen molar-refractivity contribution in [3.05, 3.63) is 24.3 Å². The highest BCUT2D eigenvalue weighted by Gasteiger charge is 2.24. The summed E-state index contributed by atoms with van der Waals surface area (Å²) in [6.07, 6.45) is 0.101. The normalized spacial score (nSPS) is 18.6. The number of benzene rings is 1. The van der Waals surface area contributed by atoms with E-state index in [1.165, 1.54) is 0 Å². The molecule has 2 rings (SSSR count). The molecule has 1 saturated heterocycles. The second-order valence-electron chi connectivity index (χ2n) is 4.25. The van der Waals surface area contributed by atoms with Crippen molar-refractivity contribution < 1.29 is 14.3 Å². The lowest BCUT2D eigenvalue weighted by Gasteiger charge is -2.23. The van der Waals surface area contributed by atoms with E-state index in [2.05, 4.69) is 16.0 Å². The summed E-state index contributed by atoms with van der Waals surface area (Å²) in [5, 5.41) is 8.47. The Balaban J connectivity index is 1.95. The molecule has 0 aromatic heterocycles. The van der Waals surface area contributed by atoms with Gasteiger partial charge in [0.15, 0.2) is 0 Å². The Labute approximate surface area is 111 Å². The molecule has 1 aromatic carbocycles. The van der Waals surface area contributed by atoms with Gasteiger partial charge in [-0.3, -0.25) is 9.59 Å². The van der Waals surface area contributed by atoms with Crippen LogP contribution in [0.25, 0.3) is 0 Å². The number of rotatable bonds is 4. The molecule has 6 nitrogen and oxygen atoms in total. The molecule has 0 radical (unpaired) electrons. The zero-order chi connectivity index (χ0) is 13.7. The molecule has 1 aliphatic heterocycles. The lowest BCUT2D eigenvalue weighted by molar-refractivity contribution is -0.127. The molecule has 1 heterocycles. The van der Waals surface area contributed by atoms with Gasteiger partial charge in [-0.25, -0.2) is 0 Å². The molecular weight excluding hydrogens is 246 g/mol. The molecule has 1 fully saturated rings. The van der Waals surface area contributed by atoms with Crippen molar-refractivity contribution >= 4 is 17.5 Å². The van der Waals surface area contributed by atoms with E-state index in [-0.39, 0.29) is 18.2 Å². The minimum atomic E-state index is -0.469. The highest BCUT2D eigenvalue weighted by molar-refractivity contribution is 5.96. The van der Waals surface area contributed by atoms with Gasteiger partial charge in [0, 0.05) is 13.1 Å². The molecule has 3 N–H and O–H groups in total. The topological polar surface area (TPSA) is 79.5 Å². The monoisotopic (exact) mass is 263 g/mol. The Morgan fingerprint density at radius 1 is 1.42 bits per heavy atom. The smallest absolute Gasteiger partial charge is 0.237 e. The van der Waals surface area contributed by atoms with Gasteiger partial charge in [0.2, 0.25) is 11.8 Å². The summed E-state index contributed by atoms with van der Waals surface area (Å²) in [5.41, 5.74) is 0.603. The standard InChI is InChI=1S/C13H17N3O3/c1-19-11-5-3-2-4-9(11)16-12(17)8-10-13(18)15-7-6-14-10/h2-5,10,14H,6-8H2,1H3,(H,15,18)(H,16,17)/t10-/m0/s1. The molecule has 0 bridgehead atoms. The highest BCUT2D eigenvalue weighted by Crippen LogP contribution is 2.23. The van der Waals surface area contributed by atoms with Crippen LogP contribution in [0.5, 0.6) is 5.75 Å². The third-order valence-electron chi connectivity index (χ3n) is 2.90. The maximum absolute atomic E-state index is 11.9. The van der Waals surface area contributed by atoms with E-state index in [0.29, 0.717) is 24.5 Å². The first-order valence-electron chi connectivity index (χ1n) is 6.14. The molecular formula is C13H17N3O3. The maximum Gasteiger partial charge on any atom is 0.237 e. The second-order valence-corrected chi connectivity index (χ2v) is 4.25. The van der Waals surface area contributed by atoms with Gasteiger partial charge >= 0.3 is 0 Å². The summed E-state index contributed by atoms with van der Waals surface area (Å²) in [5.74, 6) is 0.234. The molecule has 0 saturated carbocycles. The summed E-state index contributed by atoms with van der Waals surface area (Å²) in [6.45, 7) is 1.28. The number of hydrogen-bond donors (Lipinski definition) is 3. The van der Waals surface area contributed by atoms with E-state index in [1.54, 1.807) is 19.2 Å². The van der Waals surface area contributed by atoms with Gasteiger partial charge in [-0.1, -0.05) is 12.1 Å². The van der Waals surface area contributed by atoms with Gasteiger partial charge in [-0.05, 0) is 12.1 Å². The minimum Gasteiger partial charge on any atom is -0.495 e. The molecule has 1 aromatic rings. The number of carbonyl (C=O) groups is 2. The third-order valence-corrected chi connectivity index (χ3v) is 2.90. The fraction of sp³-hybridized carbons (Fsp3) is 0.385. The van der Waals surface area contributed by atoms with Crippen molar-refractivity contribution in [2.75, 3.05) is 25.5 Å². The number of ether oxygens (including phenoxy) is 1. The number of para-hydroxylation sites is 2. The predicted octanol–water partition coefficient (Wildman–Crippen LogP) is 0.112. The van der Waals surface area contributed by atoms with E-state index in [0.717, 1.165) is 0 Å². The van der Waals surface area contributed by atoms with Crippen molar-refractivity contribution in [3.63, 3.8) is 0 Å². The highest BCUT2D eigenvalue weighted by atomic mass is 16.5. The van der Waals surface area contributed by atoms with E-state index in [4.69, 9.17) is 4.74 Å². The van der Waals surface area contributed by atoms with Crippen molar-refractivity contribution in [2.45, 2.75) is 12.5 Å². The van der Waals surface area contributed by atoms with E-state index < -0.39 is 6.04 Å². The largest absolute Gasteiger partial charge is 0.495 e. The predicted molar refractivity (Wildman–Crippen MR) is 71.0 cm³/mol. The van der Waals surface area contributed by atoms with Crippen molar-refractivity contribution in [3.8, 4) is 5.75 Å². The number of anilines is 1. The van der Waals surface area contributed by atoms with Crippen LogP contribution in [0, 0.1) is 0 Å². The van der Waals surface area contributed by atoms with E-state index in [1.807, 2.05) is 12.1 Å². The third kappa shape index (κ3) is 3.45. The number of nitrogens with one attached hydrogen (secondary N) is 3. The van der Waals surface area contributed by atoms with Crippen molar-refractivity contribution in [1.82, 2.24) is 10.6 Å². The quantitative estimate of drug-likeness (QED) is 0.720. The van der Waals surface area contributed by atoms with E-state index in [9.17, 15) is 9.59 Å². The first kappa shape index (κ1) is 13.4. The summed E-state index contributed by atoms with van der Waals surface area (Å²) in [4.78, 5) is 23.4. The van der Waals surface area contributed by atoms with Gasteiger partial charge in [-0.2, -0.15) is 0 Å². The van der Waals surface area contributed by atoms with Gasteiger partial charge < -0.3 is 20.7 Å². The summed E-state index contributed by atoms with van der Waals surface area (Å²) >= 11 is 0. The first-order chi connectivity index (χ1) is 9.20. The Hall–Kier alpha value is -2.08. The number of piperazine rings is 1. The van der Waals surface area contributed by atoms with Crippen LogP contribution in [0.2, 0.25) is 0 Å². The Morgan fingerprint density at radius 2 is 2.21 bits per heavy atom. The number of carbonyl (C=O) groups excluding carboxylic acids is 2.